The molecule has 0 fully saturated rings. The minimum absolute atomic E-state index is 0. The van der Waals surface area contributed by atoms with E-state index in [0.29, 0.717) is 6.47 Å². The van der Waals surface area contributed by atoms with E-state index in [4.69, 9.17) is 9.90 Å². The Balaban J connectivity index is 0. The Hall–Kier alpha value is -0.661. The zero-order valence-corrected chi connectivity index (χ0v) is 5.80. The minimum atomic E-state index is 0. The van der Waals surface area contributed by atoms with Crippen LogP contribution in [0.15, 0.2) is 30.3 Å². The summed E-state index contributed by atoms with van der Waals surface area (Å²) in [5.41, 5.74) is 0. The molecule has 0 saturated carbocycles. The molecule has 0 aliphatic heterocycles. The van der Waals surface area contributed by atoms with Gasteiger partial charge in [-0.15, -0.1) is 0 Å². The first-order chi connectivity index (χ1) is 3.91. The Morgan fingerprint density at radius 3 is 1.78 bits per heavy atom. The van der Waals surface area contributed by atoms with Gasteiger partial charge in [-0.05, 0) is 0 Å². The van der Waals surface area contributed by atoms with E-state index in [9.17, 15) is 0 Å². The Kier molecular flexibility index (Phi) is 12.8. The molecule has 0 spiro atoms. The first-order valence-electron chi connectivity index (χ1n) is 2.09. The molecule has 9 heavy (non-hydrogen) atoms. The average Bonchev–Trinajstić information content (AvgIpc) is 2.17. The zero-order chi connectivity index (χ0) is 6.24. The van der Waals surface area contributed by atoms with E-state index in [1.807, 2.05) is 30.3 Å². The summed E-state index contributed by atoms with van der Waals surface area (Å²) >= 11 is 0. The summed E-state index contributed by atoms with van der Waals surface area (Å²) in [7, 11) is 0. The van der Waals surface area contributed by atoms with Gasteiger partial charge in [-0.2, -0.15) is 18.2 Å². The second-order valence-electron chi connectivity index (χ2n) is 1.05. The molecule has 0 atom stereocenters. The maximum Gasteiger partial charge on any atom is 2.00 e. The third-order valence-electron chi connectivity index (χ3n) is 0.556. The van der Waals surface area contributed by atoms with Crippen molar-refractivity contribution in [3.05, 3.63) is 30.3 Å². The van der Waals surface area contributed by atoms with E-state index in [0.717, 1.165) is 0 Å². The monoisotopic (exact) mass is 165 g/mol. The van der Waals surface area contributed by atoms with Crippen molar-refractivity contribution in [3.63, 3.8) is 0 Å². The van der Waals surface area contributed by atoms with Gasteiger partial charge in [0.05, 0.1) is 0 Å². The van der Waals surface area contributed by atoms with Crippen molar-refractivity contribution in [1.82, 2.24) is 0 Å². The predicted molar refractivity (Wildman–Crippen MR) is 30.4 cm³/mol. The van der Waals surface area contributed by atoms with Crippen LogP contribution in [0.4, 0.5) is 0 Å². The van der Waals surface area contributed by atoms with Crippen LogP contribution >= 0.6 is 0 Å². The topological polar surface area (TPSA) is 37.3 Å². The first-order valence-corrected chi connectivity index (χ1v) is 2.09. The quantitative estimate of drug-likeness (QED) is 0.460. The molecular weight excluding hydrogens is 159 g/mol. The van der Waals surface area contributed by atoms with Crippen molar-refractivity contribution in [1.29, 1.82) is 0 Å². The second-order valence-corrected chi connectivity index (χ2v) is 1.05. The van der Waals surface area contributed by atoms with E-state index in [2.05, 4.69) is 0 Å². The number of aliphatic hydroxyl groups excluding tert-OH is 1. The van der Waals surface area contributed by atoms with Crippen molar-refractivity contribution in [2.24, 2.45) is 0 Å². The van der Waals surface area contributed by atoms with Crippen LogP contribution in [0.2, 0.25) is 0 Å². The Bertz CT molecular complexity index is 97.4. The van der Waals surface area contributed by atoms with Crippen LogP contribution in [0.1, 0.15) is 0 Å². The van der Waals surface area contributed by atoms with Gasteiger partial charge >= 0.3 is 17.1 Å². The molecule has 1 N–H and O–H groups in total. The van der Waals surface area contributed by atoms with Gasteiger partial charge in [0.15, 0.2) is 0 Å². The second kappa shape index (κ2) is 10.3. The SMILES string of the molecule is O=[C-]O.[Mn+2].c1cc[cH-]c1. The van der Waals surface area contributed by atoms with Gasteiger partial charge in [-0.25, -0.2) is 12.1 Å². The van der Waals surface area contributed by atoms with E-state index < -0.39 is 0 Å². The molecule has 1 rings (SSSR count). The summed E-state index contributed by atoms with van der Waals surface area (Å²) in [5.74, 6) is 0. The van der Waals surface area contributed by atoms with Crippen LogP contribution < -0.4 is 0 Å². The molecule has 1 aromatic carbocycles. The average molecular weight is 165 g/mol. The van der Waals surface area contributed by atoms with Crippen LogP contribution in [0, 0.1) is 0 Å². The van der Waals surface area contributed by atoms with Crippen LogP contribution in [0.3, 0.4) is 0 Å². The Morgan fingerprint density at radius 2 is 1.67 bits per heavy atom. The summed E-state index contributed by atoms with van der Waals surface area (Å²) in [6.45, 7) is 0.500. The first kappa shape index (κ1) is 11.2. The van der Waals surface area contributed by atoms with Crippen LogP contribution in [0.25, 0.3) is 0 Å². The Morgan fingerprint density at radius 1 is 1.33 bits per heavy atom. The van der Waals surface area contributed by atoms with E-state index in [1.165, 1.54) is 0 Å². The fourth-order valence-corrected chi connectivity index (χ4v) is 0.321. The predicted octanol–water partition coefficient (Wildman–Crippen LogP) is 1.01. The van der Waals surface area contributed by atoms with Crippen molar-refractivity contribution < 1.29 is 27.0 Å². The summed E-state index contributed by atoms with van der Waals surface area (Å²) in [5, 5.41) is 6.76. The van der Waals surface area contributed by atoms with Gasteiger partial charge in [0, 0.05) is 0 Å². The van der Waals surface area contributed by atoms with Gasteiger partial charge in [-0.3, -0.25) is 0 Å². The largest absolute Gasteiger partial charge is 2.00 e. The molecule has 0 heterocycles. The summed E-state index contributed by atoms with van der Waals surface area (Å²) in [4.78, 5) is 8.24. The van der Waals surface area contributed by atoms with Crippen LogP contribution in [0.5, 0.6) is 0 Å². The molecule has 49 valence electrons. The maximum atomic E-state index is 8.24. The normalized spacial score (nSPS) is 5.78. The summed E-state index contributed by atoms with van der Waals surface area (Å²) in [6, 6.07) is 10.0. The molecule has 0 amide bonds. The third-order valence-corrected chi connectivity index (χ3v) is 0.556. The Labute approximate surface area is 64.3 Å². The van der Waals surface area contributed by atoms with Gasteiger partial charge in [-0.1, -0.05) is 6.47 Å². The molecule has 2 nitrogen and oxygen atoms in total. The van der Waals surface area contributed by atoms with Gasteiger partial charge < -0.3 is 9.90 Å². The molecule has 1 radical (unpaired) electrons. The molecule has 0 unspecified atom stereocenters. The van der Waals surface area contributed by atoms with Gasteiger partial charge in [0.1, 0.15) is 0 Å². The van der Waals surface area contributed by atoms with E-state index >= 15 is 0 Å². The van der Waals surface area contributed by atoms with Crippen molar-refractivity contribution in [3.8, 4) is 0 Å². The number of rotatable bonds is 0. The standard InChI is InChI=1S/C5H5.CHO2.Mn/c1-2-4-5-3-1;2-1-3;/h1-5H;(H,2,3);/q2*-1;+2. The van der Waals surface area contributed by atoms with Crippen molar-refractivity contribution >= 4 is 6.47 Å². The van der Waals surface area contributed by atoms with Crippen molar-refractivity contribution in [2.45, 2.75) is 0 Å². The minimum Gasteiger partial charge on any atom is -0.665 e. The molecule has 3 heteroatoms. The number of hydrogen-bond acceptors (Lipinski definition) is 1. The zero-order valence-electron chi connectivity index (χ0n) is 4.62. The summed E-state index contributed by atoms with van der Waals surface area (Å²) in [6.07, 6.45) is 0. The fourth-order valence-electron chi connectivity index (χ4n) is 0.321. The smallest absolute Gasteiger partial charge is 0.665 e. The maximum absolute atomic E-state index is 8.24. The molecule has 0 saturated heterocycles. The van der Waals surface area contributed by atoms with Crippen LogP contribution in [-0.4, -0.2) is 11.6 Å². The summed E-state index contributed by atoms with van der Waals surface area (Å²) < 4.78 is 0. The molecule has 1 aromatic rings. The van der Waals surface area contributed by atoms with Gasteiger partial charge in [0.2, 0.25) is 0 Å². The third kappa shape index (κ3) is 11.1. The van der Waals surface area contributed by atoms with Gasteiger partial charge in [0.25, 0.3) is 0 Å². The van der Waals surface area contributed by atoms with Crippen molar-refractivity contribution in [2.75, 3.05) is 0 Å². The molecule has 0 aromatic heterocycles. The molecule has 0 aliphatic rings. The van der Waals surface area contributed by atoms with E-state index in [1.54, 1.807) is 0 Å². The molecular formula is C6H6MnO2. The van der Waals surface area contributed by atoms with Crippen LogP contribution in [-0.2, 0) is 21.9 Å². The number of hydrogen-bond donors (Lipinski definition) is 1. The molecule has 0 bridgehead atoms. The fraction of sp³-hybridized carbons (Fsp3) is 0. The molecule has 0 aliphatic carbocycles. The van der Waals surface area contributed by atoms with E-state index in [-0.39, 0.29) is 17.1 Å².